The second-order valence-corrected chi connectivity index (χ2v) is 7.89. The van der Waals surface area contributed by atoms with Crippen LogP contribution in [-0.2, 0) is 10.9 Å². The minimum atomic E-state index is -4.80. The van der Waals surface area contributed by atoms with Crippen molar-refractivity contribution < 1.29 is 27.1 Å². The molecule has 0 spiro atoms. The van der Waals surface area contributed by atoms with Gasteiger partial charge in [-0.25, -0.2) is 9.37 Å². The van der Waals surface area contributed by atoms with Crippen LogP contribution in [0.15, 0.2) is 30.5 Å². The third kappa shape index (κ3) is 5.94. The molecule has 1 saturated heterocycles. The van der Waals surface area contributed by atoms with Gasteiger partial charge in [-0.15, -0.1) is 0 Å². The molecule has 2 N–H and O–H groups in total. The zero-order chi connectivity index (χ0) is 22.6. The van der Waals surface area contributed by atoms with Gasteiger partial charge in [-0.1, -0.05) is 13.8 Å². The summed E-state index contributed by atoms with van der Waals surface area (Å²) in [7, 11) is 0. The second-order valence-electron chi connectivity index (χ2n) is 7.89. The largest absolute Gasteiger partial charge is 0.419 e. The summed E-state index contributed by atoms with van der Waals surface area (Å²) in [5, 5.41) is 5.71. The molecule has 31 heavy (non-hydrogen) atoms. The molecule has 1 aromatic carbocycles. The number of anilines is 2. The number of nitrogens with one attached hydrogen (secondary N) is 2. The number of amides is 1. The van der Waals surface area contributed by atoms with Gasteiger partial charge in [0.15, 0.2) is 0 Å². The highest BCUT2D eigenvalue weighted by molar-refractivity contribution is 5.95. The average molecular weight is 439 g/mol. The molecule has 1 fully saturated rings. The number of carbonyl (C=O) groups excluding carboxylic acids is 1. The minimum absolute atomic E-state index is 0.0219. The lowest BCUT2D eigenvalue weighted by Gasteiger charge is -2.22. The fraction of sp³-hybridized carbons (Fsp3) is 0.455. The van der Waals surface area contributed by atoms with Gasteiger partial charge in [-0.05, 0) is 54.5 Å². The lowest BCUT2D eigenvalue weighted by atomic mass is 9.97. The summed E-state index contributed by atoms with van der Waals surface area (Å²) in [6, 6.07) is 4.29. The number of aromatic nitrogens is 1. The van der Waals surface area contributed by atoms with Crippen molar-refractivity contribution >= 4 is 17.4 Å². The standard InChI is InChI=1S/C22H25F4N3O2/c1-13(2)16-10-20(29-15-3-4-19(23)18(9-15)22(24,25)26)27-12-17(16)21(30)28-11-14-5-7-31-8-6-14/h3-4,9-10,12-14H,5-8,11H2,1-2H3,(H,27,29)(H,28,30). The van der Waals surface area contributed by atoms with Crippen LogP contribution in [0.1, 0.15) is 54.1 Å². The Kier molecular flexibility index (Phi) is 7.15. The van der Waals surface area contributed by atoms with E-state index in [-0.39, 0.29) is 23.3 Å². The van der Waals surface area contributed by atoms with Gasteiger partial charge in [0.2, 0.25) is 0 Å². The number of carbonyl (C=O) groups is 1. The highest BCUT2D eigenvalue weighted by Gasteiger charge is 2.34. The molecule has 0 saturated carbocycles. The topological polar surface area (TPSA) is 63.2 Å². The molecule has 0 radical (unpaired) electrons. The van der Waals surface area contributed by atoms with Crippen molar-refractivity contribution in [3.8, 4) is 0 Å². The normalized spacial score (nSPS) is 15.2. The van der Waals surface area contributed by atoms with E-state index in [9.17, 15) is 22.4 Å². The van der Waals surface area contributed by atoms with Crippen molar-refractivity contribution in [3.05, 3.63) is 53.0 Å². The molecule has 0 atom stereocenters. The number of rotatable bonds is 6. The van der Waals surface area contributed by atoms with E-state index >= 15 is 0 Å². The van der Waals surface area contributed by atoms with Gasteiger partial charge in [0.1, 0.15) is 11.6 Å². The first-order valence-electron chi connectivity index (χ1n) is 10.1. The summed E-state index contributed by atoms with van der Waals surface area (Å²) in [4.78, 5) is 16.9. The van der Waals surface area contributed by atoms with Crippen LogP contribution in [0.4, 0.5) is 29.1 Å². The molecule has 1 aliphatic rings. The van der Waals surface area contributed by atoms with E-state index in [1.807, 2.05) is 13.8 Å². The molecule has 0 bridgehead atoms. The molecule has 5 nitrogen and oxygen atoms in total. The number of alkyl halides is 3. The van der Waals surface area contributed by atoms with Gasteiger partial charge < -0.3 is 15.4 Å². The molecule has 1 aliphatic heterocycles. The second kappa shape index (κ2) is 9.64. The first kappa shape index (κ1) is 23.0. The number of hydrogen-bond donors (Lipinski definition) is 2. The Morgan fingerprint density at radius 3 is 2.58 bits per heavy atom. The Balaban J connectivity index is 1.76. The van der Waals surface area contributed by atoms with E-state index in [1.165, 1.54) is 12.3 Å². The van der Waals surface area contributed by atoms with E-state index in [4.69, 9.17) is 4.74 Å². The Hall–Kier alpha value is -2.68. The highest BCUT2D eigenvalue weighted by Crippen LogP contribution is 2.34. The minimum Gasteiger partial charge on any atom is -0.381 e. The SMILES string of the molecule is CC(C)c1cc(Nc2ccc(F)c(C(F)(F)F)c2)ncc1C(=O)NCC1CCOCC1. The predicted octanol–water partition coefficient (Wildman–Crippen LogP) is 5.26. The first-order chi connectivity index (χ1) is 14.6. The highest BCUT2D eigenvalue weighted by atomic mass is 19.4. The fourth-order valence-electron chi connectivity index (χ4n) is 3.46. The Bertz CT molecular complexity index is 925. The maximum Gasteiger partial charge on any atom is 0.419 e. The summed E-state index contributed by atoms with van der Waals surface area (Å²) in [6.07, 6.45) is -1.60. The number of ether oxygens (including phenoxy) is 1. The molecule has 0 unspecified atom stereocenters. The molecule has 2 heterocycles. The maximum atomic E-state index is 13.5. The van der Waals surface area contributed by atoms with Crippen LogP contribution < -0.4 is 10.6 Å². The molecular weight excluding hydrogens is 414 g/mol. The molecule has 3 rings (SSSR count). The zero-order valence-corrected chi connectivity index (χ0v) is 17.4. The van der Waals surface area contributed by atoms with Crippen molar-refractivity contribution in [2.24, 2.45) is 5.92 Å². The smallest absolute Gasteiger partial charge is 0.381 e. The number of halogens is 4. The molecule has 2 aromatic rings. The summed E-state index contributed by atoms with van der Waals surface area (Å²) in [5.74, 6) is -0.966. The van der Waals surface area contributed by atoms with Crippen molar-refractivity contribution in [2.45, 2.75) is 38.8 Å². The summed E-state index contributed by atoms with van der Waals surface area (Å²) < 4.78 is 57.7. The molecule has 9 heteroatoms. The van der Waals surface area contributed by atoms with E-state index in [2.05, 4.69) is 15.6 Å². The van der Waals surface area contributed by atoms with Gasteiger partial charge >= 0.3 is 6.18 Å². The van der Waals surface area contributed by atoms with E-state index in [1.54, 1.807) is 6.07 Å². The lowest BCUT2D eigenvalue weighted by Crippen LogP contribution is -2.32. The Labute approximate surface area is 178 Å². The molecular formula is C22H25F4N3O2. The van der Waals surface area contributed by atoms with Gasteiger partial charge in [-0.3, -0.25) is 4.79 Å². The quantitative estimate of drug-likeness (QED) is 0.603. The predicted molar refractivity (Wildman–Crippen MR) is 109 cm³/mol. The summed E-state index contributed by atoms with van der Waals surface area (Å²) in [6.45, 7) is 5.76. The van der Waals surface area contributed by atoms with Crippen molar-refractivity contribution in [1.82, 2.24) is 10.3 Å². The summed E-state index contributed by atoms with van der Waals surface area (Å²) >= 11 is 0. The van der Waals surface area contributed by atoms with Gasteiger partial charge in [0.05, 0.1) is 11.1 Å². The van der Waals surface area contributed by atoms with Gasteiger partial charge in [0, 0.05) is 31.6 Å². The molecule has 168 valence electrons. The van der Waals surface area contributed by atoms with Crippen LogP contribution in [0.25, 0.3) is 0 Å². The lowest BCUT2D eigenvalue weighted by molar-refractivity contribution is -0.139. The van der Waals surface area contributed by atoms with Crippen molar-refractivity contribution in [3.63, 3.8) is 0 Å². The zero-order valence-electron chi connectivity index (χ0n) is 17.4. The van der Waals surface area contributed by atoms with E-state index < -0.39 is 17.6 Å². The van der Waals surface area contributed by atoms with Gasteiger partial charge in [0.25, 0.3) is 5.91 Å². The molecule has 1 aromatic heterocycles. The van der Waals surface area contributed by atoms with E-state index in [0.717, 1.165) is 18.9 Å². The van der Waals surface area contributed by atoms with Crippen LogP contribution in [-0.4, -0.2) is 30.6 Å². The third-order valence-electron chi connectivity index (χ3n) is 5.24. The van der Waals surface area contributed by atoms with E-state index in [0.29, 0.717) is 42.9 Å². The number of pyridine rings is 1. The Morgan fingerprint density at radius 2 is 1.94 bits per heavy atom. The van der Waals surface area contributed by atoms with Crippen LogP contribution in [0.5, 0.6) is 0 Å². The average Bonchev–Trinajstić information content (AvgIpc) is 2.73. The monoisotopic (exact) mass is 439 g/mol. The van der Waals surface area contributed by atoms with Crippen LogP contribution in [0.2, 0.25) is 0 Å². The number of hydrogen-bond acceptors (Lipinski definition) is 4. The number of benzene rings is 1. The maximum absolute atomic E-state index is 13.5. The number of nitrogens with zero attached hydrogens (tertiary/aromatic N) is 1. The molecule has 1 amide bonds. The summed E-state index contributed by atoms with van der Waals surface area (Å²) in [5.41, 5.74) is -0.179. The third-order valence-corrected chi connectivity index (χ3v) is 5.24. The fourth-order valence-corrected chi connectivity index (χ4v) is 3.46. The Morgan fingerprint density at radius 1 is 1.23 bits per heavy atom. The van der Waals surface area contributed by atoms with Gasteiger partial charge in [-0.2, -0.15) is 13.2 Å². The van der Waals surface area contributed by atoms with Crippen LogP contribution in [0.3, 0.4) is 0 Å². The van der Waals surface area contributed by atoms with Crippen molar-refractivity contribution in [1.29, 1.82) is 0 Å². The van der Waals surface area contributed by atoms with Crippen LogP contribution >= 0.6 is 0 Å². The molecule has 0 aliphatic carbocycles. The first-order valence-corrected chi connectivity index (χ1v) is 10.1. The van der Waals surface area contributed by atoms with Crippen LogP contribution in [0, 0.1) is 11.7 Å². The van der Waals surface area contributed by atoms with Crippen molar-refractivity contribution in [2.75, 3.05) is 25.1 Å².